The molecule has 0 bridgehead atoms. The van der Waals surface area contributed by atoms with Crippen LogP contribution < -0.4 is 36.5 Å². The van der Waals surface area contributed by atoms with Gasteiger partial charge in [0.2, 0.25) is 35.4 Å². The highest BCUT2D eigenvalue weighted by molar-refractivity contribution is 7.81. The Bertz CT molecular complexity index is 2670. The van der Waals surface area contributed by atoms with Gasteiger partial charge in [0, 0.05) is 36.5 Å². The van der Waals surface area contributed by atoms with Gasteiger partial charge < -0.3 is 56.2 Å². The lowest BCUT2D eigenvalue weighted by atomic mass is 10.0. The summed E-state index contributed by atoms with van der Waals surface area (Å²) in [4.78, 5) is 113. The van der Waals surface area contributed by atoms with Crippen LogP contribution in [-0.4, -0.2) is 124 Å². The van der Waals surface area contributed by atoms with Crippen molar-refractivity contribution >= 4 is 68.8 Å². The molecular formula is C51H68N8O14S. The minimum atomic E-state index is -4.82. The highest BCUT2D eigenvalue weighted by Gasteiger charge is 2.36. The molecule has 1 aromatic heterocycles. The molecule has 23 heteroatoms. The molecule has 402 valence electrons. The van der Waals surface area contributed by atoms with Crippen LogP contribution in [0, 0.1) is 0 Å². The van der Waals surface area contributed by atoms with Crippen molar-refractivity contribution in [1.29, 1.82) is 0 Å². The molecule has 0 aliphatic rings. The number of fused-ring (bicyclic) bond motifs is 1. The van der Waals surface area contributed by atoms with Gasteiger partial charge >= 0.3 is 22.5 Å². The average molecular weight is 1050 g/mol. The van der Waals surface area contributed by atoms with Crippen LogP contribution in [0.5, 0.6) is 5.75 Å². The van der Waals surface area contributed by atoms with E-state index < -0.39 is 107 Å². The third kappa shape index (κ3) is 19.8. The zero-order chi connectivity index (χ0) is 54.6. The number of ether oxygens (including phenoxy) is 1. The van der Waals surface area contributed by atoms with Crippen LogP contribution in [0.1, 0.15) is 96.3 Å². The van der Waals surface area contributed by atoms with E-state index in [2.05, 4.69) is 35.8 Å². The van der Waals surface area contributed by atoms with Crippen molar-refractivity contribution in [2.24, 2.45) is 5.73 Å². The highest BCUT2D eigenvalue weighted by Crippen LogP contribution is 2.21. The van der Waals surface area contributed by atoms with Gasteiger partial charge in [0.1, 0.15) is 41.6 Å². The number of para-hydroxylation sites is 1. The number of carboxylic acid groups (broad SMARTS) is 1. The fourth-order valence-corrected chi connectivity index (χ4v) is 8.25. The Morgan fingerprint density at radius 3 is 1.92 bits per heavy atom. The van der Waals surface area contributed by atoms with E-state index in [4.69, 9.17) is 15.0 Å². The van der Waals surface area contributed by atoms with Crippen LogP contribution in [0.15, 0.2) is 85.1 Å². The predicted octanol–water partition coefficient (Wildman–Crippen LogP) is 3.38. The third-order valence-electron chi connectivity index (χ3n) is 11.5. The van der Waals surface area contributed by atoms with E-state index in [1.807, 2.05) is 32.0 Å². The van der Waals surface area contributed by atoms with E-state index >= 15 is 0 Å². The number of aliphatic carboxylic acids is 1. The lowest BCUT2D eigenvalue weighted by Crippen LogP contribution is -2.59. The summed E-state index contributed by atoms with van der Waals surface area (Å²) in [6.45, 7) is 7.81. The summed E-state index contributed by atoms with van der Waals surface area (Å²) in [7, 11) is -4.82. The van der Waals surface area contributed by atoms with E-state index in [0.717, 1.165) is 21.4 Å². The zero-order valence-electron chi connectivity index (χ0n) is 42.2. The summed E-state index contributed by atoms with van der Waals surface area (Å²) < 4.78 is 41.3. The van der Waals surface area contributed by atoms with Crippen molar-refractivity contribution in [1.82, 2.24) is 36.5 Å². The number of aromatic amines is 1. The SMILES string of the molecule is CCCC[C@H](NC(=O)[C@H](Cc1ccc(OS(=O)(=O)O)cc1)NC(=O)OC(C)(C)C)C(=O)NCC(=O)N[C@H](Cc1c[nH]c2ccccc12)C(=O)N[C@@H](CCCC)C(=O)N(CCc1ccccc1)[C@@H](CC(=O)O)C(N)=O. The summed E-state index contributed by atoms with van der Waals surface area (Å²) in [5, 5.41) is 23.6. The van der Waals surface area contributed by atoms with Gasteiger partial charge in [-0.2, -0.15) is 8.42 Å². The fraction of sp³-hybridized carbons (Fsp3) is 0.451. The number of aromatic nitrogens is 1. The molecule has 0 radical (unpaired) electrons. The Kier molecular flexibility index (Phi) is 22.4. The number of carboxylic acids is 1. The van der Waals surface area contributed by atoms with E-state index in [1.54, 1.807) is 63.4 Å². The third-order valence-corrected chi connectivity index (χ3v) is 11.9. The molecule has 3 aromatic carbocycles. The van der Waals surface area contributed by atoms with Gasteiger partial charge in [0.05, 0.1) is 13.0 Å². The van der Waals surface area contributed by atoms with Crippen molar-refractivity contribution in [3.05, 3.63) is 102 Å². The highest BCUT2D eigenvalue weighted by atomic mass is 32.3. The second kappa shape index (κ2) is 28.1. The minimum absolute atomic E-state index is 0.0859. The number of rotatable bonds is 29. The van der Waals surface area contributed by atoms with Crippen molar-refractivity contribution in [2.75, 3.05) is 13.1 Å². The molecular weight excluding hydrogens is 981 g/mol. The Hall–Kier alpha value is -7.53. The van der Waals surface area contributed by atoms with Gasteiger partial charge in [-0.05, 0) is 74.9 Å². The molecule has 0 saturated heterocycles. The maximum Gasteiger partial charge on any atom is 0.446 e. The zero-order valence-corrected chi connectivity index (χ0v) is 43.0. The first-order valence-electron chi connectivity index (χ1n) is 24.3. The smallest absolute Gasteiger partial charge is 0.446 e. The molecule has 5 atom stereocenters. The van der Waals surface area contributed by atoms with Crippen LogP contribution in [0.3, 0.4) is 0 Å². The molecule has 0 spiro atoms. The Morgan fingerprint density at radius 2 is 1.32 bits per heavy atom. The maximum atomic E-state index is 14.5. The lowest BCUT2D eigenvalue weighted by Gasteiger charge is -2.33. The Balaban J connectivity index is 1.58. The number of nitrogens with one attached hydrogen (secondary N) is 6. The molecule has 10 N–H and O–H groups in total. The molecule has 4 aromatic rings. The largest absolute Gasteiger partial charge is 0.481 e. The van der Waals surface area contributed by atoms with Crippen LogP contribution in [0.4, 0.5) is 4.79 Å². The quantitative estimate of drug-likeness (QED) is 0.0352. The number of alkyl carbamates (subject to hydrolysis) is 1. The molecule has 0 unspecified atom stereocenters. The lowest BCUT2D eigenvalue weighted by molar-refractivity contribution is -0.147. The molecule has 0 aliphatic heterocycles. The van der Waals surface area contributed by atoms with Crippen LogP contribution in [-0.2, 0) is 68.0 Å². The minimum Gasteiger partial charge on any atom is -0.481 e. The number of nitrogens with two attached hydrogens (primary N) is 1. The molecule has 0 aliphatic carbocycles. The Labute approximate surface area is 430 Å². The van der Waals surface area contributed by atoms with Crippen LogP contribution in [0.25, 0.3) is 10.9 Å². The van der Waals surface area contributed by atoms with Crippen LogP contribution in [0.2, 0.25) is 0 Å². The fourth-order valence-electron chi connectivity index (χ4n) is 7.89. The normalized spacial score (nSPS) is 13.5. The average Bonchev–Trinajstić information content (AvgIpc) is 3.74. The van der Waals surface area contributed by atoms with E-state index in [-0.39, 0.29) is 44.4 Å². The first-order chi connectivity index (χ1) is 35.0. The maximum absolute atomic E-state index is 14.5. The topological polar surface area (TPSA) is 335 Å². The molecule has 22 nitrogen and oxygen atoms in total. The predicted molar refractivity (Wildman–Crippen MR) is 272 cm³/mol. The van der Waals surface area contributed by atoms with E-state index in [9.17, 15) is 51.9 Å². The van der Waals surface area contributed by atoms with Crippen molar-refractivity contribution in [3.8, 4) is 5.75 Å². The number of amides is 7. The first kappa shape index (κ1) is 59.0. The first-order valence-corrected chi connectivity index (χ1v) is 25.7. The van der Waals surface area contributed by atoms with Gasteiger partial charge in [-0.25, -0.2) is 4.79 Å². The number of carbonyl (C=O) groups is 8. The van der Waals surface area contributed by atoms with Crippen molar-refractivity contribution < 1.29 is 65.4 Å². The van der Waals surface area contributed by atoms with Crippen molar-refractivity contribution in [3.63, 3.8) is 0 Å². The number of unbranched alkanes of at least 4 members (excludes halogenated alkanes) is 2. The second-order valence-corrected chi connectivity index (χ2v) is 19.7. The van der Waals surface area contributed by atoms with Gasteiger partial charge in [0.25, 0.3) is 0 Å². The van der Waals surface area contributed by atoms with Gasteiger partial charge in [-0.1, -0.05) is 100 Å². The molecule has 4 rings (SSSR count). The molecule has 7 amide bonds. The second-order valence-electron chi connectivity index (χ2n) is 18.6. The summed E-state index contributed by atoms with van der Waals surface area (Å²) in [6, 6.07) is 14.7. The monoisotopic (exact) mass is 1050 g/mol. The van der Waals surface area contributed by atoms with Crippen molar-refractivity contribution in [2.45, 2.75) is 135 Å². The standard InChI is InChI=1S/C51H68N8O14S/c1-6-8-18-38(56-47(65)40(58-50(68)72-51(3,4)5)27-33-21-23-35(24-22-33)73-74(69,70)71)46(64)54-31-43(60)55-41(28-34-30-53-37-20-14-13-17-36(34)37)48(66)57-39(19-9-7-2)49(67)59(42(45(52)63)29-44(61)62)26-25-32-15-11-10-12-16-32/h10-17,20-24,30,38-42,53H,6-9,18-19,25-29,31H2,1-5H3,(H2,52,63)(H,54,64)(H,55,60)(H,56,65)(H,57,66)(H,58,68)(H,61,62)(H,69,70,71)/t38-,39-,40-,41+,42-/m0/s1. The van der Waals surface area contributed by atoms with E-state index in [0.29, 0.717) is 36.8 Å². The summed E-state index contributed by atoms with van der Waals surface area (Å²) in [5.41, 5.74) is 7.33. The molecule has 0 saturated carbocycles. The number of nitrogens with zero attached hydrogens (tertiary/aromatic N) is 1. The summed E-state index contributed by atoms with van der Waals surface area (Å²) in [5.74, 6) is -6.57. The Morgan fingerprint density at radius 1 is 0.730 bits per heavy atom. The van der Waals surface area contributed by atoms with Gasteiger partial charge in [-0.3, -0.25) is 38.1 Å². The van der Waals surface area contributed by atoms with Gasteiger partial charge in [-0.15, -0.1) is 0 Å². The number of hydrogen-bond donors (Lipinski definition) is 9. The molecule has 0 fully saturated rings. The number of carbonyl (C=O) groups excluding carboxylic acids is 7. The van der Waals surface area contributed by atoms with Gasteiger partial charge in [0.15, 0.2) is 0 Å². The number of hydrogen-bond acceptors (Lipinski definition) is 12. The number of benzene rings is 3. The molecule has 1 heterocycles. The number of H-pyrrole nitrogens is 1. The summed E-state index contributed by atoms with van der Waals surface area (Å²) in [6.07, 6.45) is 2.20. The summed E-state index contributed by atoms with van der Waals surface area (Å²) >= 11 is 0. The van der Waals surface area contributed by atoms with Crippen LogP contribution >= 0.6 is 0 Å². The number of primary amides is 1. The molecule has 74 heavy (non-hydrogen) atoms. The van der Waals surface area contributed by atoms with E-state index in [1.165, 1.54) is 24.3 Å².